The third kappa shape index (κ3) is 1.46. The van der Waals surface area contributed by atoms with Gasteiger partial charge in [-0.1, -0.05) is 42.5 Å². The number of fused-ring (bicyclic) bond motifs is 8. The third-order valence-electron chi connectivity index (χ3n) is 5.27. The van der Waals surface area contributed by atoms with Crippen molar-refractivity contribution in [2.75, 3.05) is 10.6 Å². The molecule has 124 valence electrons. The van der Waals surface area contributed by atoms with Crippen LogP contribution < -0.4 is 10.6 Å². The van der Waals surface area contributed by atoms with E-state index in [4.69, 9.17) is 4.98 Å². The highest BCUT2D eigenvalue weighted by Crippen LogP contribution is 2.48. The van der Waals surface area contributed by atoms with E-state index in [2.05, 4.69) is 10.6 Å². The second kappa shape index (κ2) is 4.52. The molecule has 2 aliphatic rings. The Morgan fingerprint density at radius 1 is 0.846 bits per heavy atom. The number of imidazole rings is 1. The molecule has 0 unspecified atom stereocenters. The summed E-state index contributed by atoms with van der Waals surface area (Å²) in [6.45, 7) is 0. The number of amides is 1. The Bertz CT molecular complexity index is 1230. The molecule has 0 radical (unpaired) electrons. The highest BCUT2D eigenvalue weighted by atomic mass is 16.2. The normalized spacial score (nSPS) is 19.6. The minimum atomic E-state index is -1.05. The first kappa shape index (κ1) is 13.7. The maximum Gasteiger partial charge on any atom is 0.276 e. The molecule has 0 fully saturated rings. The van der Waals surface area contributed by atoms with Crippen molar-refractivity contribution in [2.24, 2.45) is 0 Å². The number of nitrogens with one attached hydrogen (secondary N) is 2. The summed E-state index contributed by atoms with van der Waals surface area (Å²) in [6, 6.07) is 23.7. The van der Waals surface area contributed by atoms with Crippen LogP contribution in [-0.2, 0) is 10.5 Å². The van der Waals surface area contributed by atoms with E-state index in [0.717, 1.165) is 39.4 Å². The van der Waals surface area contributed by atoms with Crippen LogP contribution in [0, 0.1) is 0 Å². The maximum absolute atomic E-state index is 13.3. The molecular formula is C21H14N4O. The monoisotopic (exact) mass is 338 g/mol. The lowest BCUT2D eigenvalue weighted by molar-refractivity contribution is -0.120. The van der Waals surface area contributed by atoms with Crippen LogP contribution in [0.3, 0.4) is 0 Å². The summed E-state index contributed by atoms with van der Waals surface area (Å²) >= 11 is 0. The maximum atomic E-state index is 13.3. The standard InChI is InChI=1S/C21H14N4O/c26-20-21(14-8-2-4-10-16(14)23-20)24-15-9-3-1-7-13(15)19-22-17-11-5-6-12-18(17)25(19)21/h1-12,24H,(H,23,26)/t21-/m1/s1. The highest BCUT2D eigenvalue weighted by Gasteiger charge is 2.52. The van der Waals surface area contributed by atoms with Crippen molar-refractivity contribution in [3.05, 3.63) is 78.4 Å². The van der Waals surface area contributed by atoms with Gasteiger partial charge in [-0.3, -0.25) is 9.36 Å². The van der Waals surface area contributed by atoms with Crippen LogP contribution in [0.5, 0.6) is 0 Å². The molecule has 1 atom stereocenters. The Morgan fingerprint density at radius 3 is 2.50 bits per heavy atom. The minimum absolute atomic E-state index is 0.0994. The molecule has 26 heavy (non-hydrogen) atoms. The van der Waals surface area contributed by atoms with Crippen molar-refractivity contribution in [2.45, 2.75) is 5.66 Å². The lowest BCUT2D eigenvalue weighted by atomic mass is 9.95. The number of para-hydroxylation sites is 4. The van der Waals surface area contributed by atoms with E-state index >= 15 is 0 Å². The van der Waals surface area contributed by atoms with Gasteiger partial charge in [-0.2, -0.15) is 0 Å². The Hall–Kier alpha value is -3.60. The quantitative estimate of drug-likeness (QED) is 0.513. The first-order valence-corrected chi connectivity index (χ1v) is 8.55. The van der Waals surface area contributed by atoms with Crippen molar-refractivity contribution < 1.29 is 4.79 Å². The zero-order chi connectivity index (χ0) is 17.3. The van der Waals surface area contributed by atoms with E-state index in [1.165, 1.54) is 0 Å². The van der Waals surface area contributed by atoms with Crippen molar-refractivity contribution >= 4 is 28.3 Å². The van der Waals surface area contributed by atoms with E-state index < -0.39 is 5.66 Å². The SMILES string of the molecule is O=C1Nc2ccccc2[C@]12Nc1ccccc1-c1nc3ccccc3n12. The summed E-state index contributed by atoms with van der Waals surface area (Å²) in [5, 5.41) is 6.56. The van der Waals surface area contributed by atoms with Crippen molar-refractivity contribution in [1.29, 1.82) is 0 Å². The van der Waals surface area contributed by atoms with E-state index in [1.807, 2.05) is 77.4 Å². The molecule has 5 heteroatoms. The molecule has 1 amide bonds. The number of carbonyl (C=O) groups excluding carboxylic acids is 1. The molecule has 1 aromatic heterocycles. The minimum Gasteiger partial charge on any atom is -0.350 e. The lowest BCUT2D eigenvalue weighted by Crippen LogP contribution is -2.50. The number of rotatable bonds is 0. The molecule has 6 rings (SSSR count). The van der Waals surface area contributed by atoms with Gasteiger partial charge in [0.2, 0.25) is 5.66 Å². The number of benzene rings is 3. The number of hydrogen-bond donors (Lipinski definition) is 2. The first-order chi connectivity index (χ1) is 12.8. The summed E-state index contributed by atoms with van der Waals surface area (Å²) < 4.78 is 2.03. The molecule has 0 saturated heterocycles. The summed E-state index contributed by atoms with van der Waals surface area (Å²) in [5.41, 5.74) is 4.38. The van der Waals surface area contributed by atoms with Gasteiger partial charge in [0.25, 0.3) is 5.91 Å². The average Bonchev–Trinajstić information content (AvgIpc) is 3.19. The van der Waals surface area contributed by atoms with E-state index in [1.54, 1.807) is 0 Å². The largest absolute Gasteiger partial charge is 0.350 e. The van der Waals surface area contributed by atoms with Crippen molar-refractivity contribution in [1.82, 2.24) is 9.55 Å². The molecule has 0 aliphatic carbocycles. The van der Waals surface area contributed by atoms with Crippen molar-refractivity contribution in [3.8, 4) is 11.4 Å². The van der Waals surface area contributed by atoms with Gasteiger partial charge in [0.15, 0.2) is 0 Å². The molecule has 0 bridgehead atoms. The molecule has 3 aromatic carbocycles. The number of hydrogen-bond acceptors (Lipinski definition) is 3. The molecule has 2 aliphatic heterocycles. The topological polar surface area (TPSA) is 59.0 Å². The van der Waals surface area contributed by atoms with Gasteiger partial charge in [0, 0.05) is 22.5 Å². The fourth-order valence-electron chi connectivity index (χ4n) is 4.17. The Labute approximate surface area is 149 Å². The van der Waals surface area contributed by atoms with Crippen LogP contribution >= 0.6 is 0 Å². The number of aromatic nitrogens is 2. The molecular weight excluding hydrogens is 324 g/mol. The number of nitrogens with zero attached hydrogens (tertiary/aromatic N) is 2. The Morgan fingerprint density at radius 2 is 1.58 bits per heavy atom. The summed E-state index contributed by atoms with van der Waals surface area (Å²) in [7, 11) is 0. The predicted octanol–water partition coefficient (Wildman–Crippen LogP) is 3.78. The highest BCUT2D eigenvalue weighted by molar-refractivity contribution is 6.10. The van der Waals surface area contributed by atoms with E-state index in [0.29, 0.717) is 0 Å². The predicted molar refractivity (Wildman–Crippen MR) is 101 cm³/mol. The Kier molecular flexibility index (Phi) is 2.37. The second-order valence-corrected chi connectivity index (χ2v) is 6.64. The Balaban J connectivity index is 1.81. The van der Waals surface area contributed by atoms with Crippen LogP contribution in [0.4, 0.5) is 11.4 Å². The summed E-state index contributed by atoms with van der Waals surface area (Å²) in [6.07, 6.45) is 0. The van der Waals surface area contributed by atoms with Crippen LogP contribution in [0.2, 0.25) is 0 Å². The van der Waals surface area contributed by atoms with Gasteiger partial charge in [-0.15, -0.1) is 0 Å². The number of carbonyl (C=O) groups is 1. The first-order valence-electron chi connectivity index (χ1n) is 8.55. The molecule has 0 saturated carbocycles. The van der Waals surface area contributed by atoms with E-state index in [9.17, 15) is 4.79 Å². The zero-order valence-corrected chi connectivity index (χ0v) is 13.7. The summed E-state index contributed by atoms with van der Waals surface area (Å²) in [5.74, 6) is 0.699. The average molecular weight is 338 g/mol. The second-order valence-electron chi connectivity index (χ2n) is 6.64. The zero-order valence-electron chi connectivity index (χ0n) is 13.7. The van der Waals surface area contributed by atoms with Gasteiger partial charge in [-0.25, -0.2) is 4.98 Å². The van der Waals surface area contributed by atoms with Gasteiger partial charge in [0.05, 0.1) is 11.0 Å². The van der Waals surface area contributed by atoms with Gasteiger partial charge >= 0.3 is 0 Å². The molecule has 2 N–H and O–H groups in total. The molecule has 4 aromatic rings. The third-order valence-corrected chi connectivity index (χ3v) is 5.27. The fraction of sp³-hybridized carbons (Fsp3) is 0.0476. The van der Waals surface area contributed by atoms with E-state index in [-0.39, 0.29) is 5.91 Å². The van der Waals surface area contributed by atoms with Crippen LogP contribution in [0.25, 0.3) is 22.4 Å². The van der Waals surface area contributed by atoms with Crippen LogP contribution in [-0.4, -0.2) is 15.5 Å². The molecule has 3 heterocycles. The summed E-state index contributed by atoms with van der Waals surface area (Å²) in [4.78, 5) is 18.2. The lowest BCUT2D eigenvalue weighted by Gasteiger charge is -2.37. The van der Waals surface area contributed by atoms with Gasteiger partial charge < -0.3 is 10.6 Å². The van der Waals surface area contributed by atoms with Crippen LogP contribution in [0.1, 0.15) is 5.56 Å². The van der Waals surface area contributed by atoms with Gasteiger partial charge in [0.1, 0.15) is 5.82 Å². The van der Waals surface area contributed by atoms with Crippen molar-refractivity contribution in [3.63, 3.8) is 0 Å². The smallest absolute Gasteiger partial charge is 0.276 e. The van der Waals surface area contributed by atoms with Crippen LogP contribution in [0.15, 0.2) is 72.8 Å². The molecule has 1 spiro atoms. The number of anilines is 2. The molecule has 5 nitrogen and oxygen atoms in total. The fourth-order valence-corrected chi connectivity index (χ4v) is 4.17. The van der Waals surface area contributed by atoms with Gasteiger partial charge in [-0.05, 0) is 30.3 Å².